The monoisotopic (exact) mass is 360 g/mol. The molecular weight excluding hydrogens is 332 g/mol. The number of methoxy groups -OCH3 is 1. The maximum atomic E-state index is 12.7. The average molecular weight is 360 g/mol. The molecule has 1 fully saturated rings. The molecule has 1 atom stereocenters. The Morgan fingerprint density at radius 3 is 2.50 bits per heavy atom. The van der Waals surface area contributed by atoms with Gasteiger partial charge in [-0.3, -0.25) is 9.59 Å². The van der Waals surface area contributed by atoms with Crippen LogP contribution in [-0.2, 0) is 14.3 Å². The number of esters is 1. The summed E-state index contributed by atoms with van der Waals surface area (Å²) in [4.78, 5) is 38.5. The van der Waals surface area contributed by atoms with Crippen molar-refractivity contribution in [3.63, 3.8) is 0 Å². The van der Waals surface area contributed by atoms with Crippen molar-refractivity contribution in [3.05, 3.63) is 29.3 Å². The zero-order valence-corrected chi connectivity index (χ0v) is 16.2. The van der Waals surface area contributed by atoms with Crippen LogP contribution in [0.2, 0.25) is 0 Å². The summed E-state index contributed by atoms with van der Waals surface area (Å²) >= 11 is 0. The van der Waals surface area contributed by atoms with Gasteiger partial charge in [-0.05, 0) is 43.5 Å². The van der Waals surface area contributed by atoms with Gasteiger partial charge in [0.05, 0.1) is 18.6 Å². The fourth-order valence-corrected chi connectivity index (χ4v) is 3.13. The van der Waals surface area contributed by atoms with Crippen molar-refractivity contribution in [1.29, 1.82) is 0 Å². The number of benzene rings is 1. The Morgan fingerprint density at radius 2 is 1.92 bits per heavy atom. The molecule has 1 saturated heterocycles. The van der Waals surface area contributed by atoms with E-state index in [0.29, 0.717) is 24.3 Å². The lowest BCUT2D eigenvalue weighted by Gasteiger charge is -2.36. The molecule has 0 aliphatic carbocycles. The highest BCUT2D eigenvalue weighted by molar-refractivity contribution is 5.95. The van der Waals surface area contributed by atoms with Crippen LogP contribution >= 0.6 is 0 Å². The van der Waals surface area contributed by atoms with Gasteiger partial charge in [0.2, 0.25) is 11.8 Å². The number of nitrogens with zero attached hydrogens (tertiary/aromatic N) is 1. The zero-order valence-electron chi connectivity index (χ0n) is 16.2. The third-order valence-electron chi connectivity index (χ3n) is 4.63. The first-order chi connectivity index (χ1) is 12.1. The SMILES string of the molecule is COC(=O)c1ccc(NC(=O)C2CCCN(C(=O)C(C)(C)C)C2)c(C)c1. The van der Waals surface area contributed by atoms with Gasteiger partial charge in [-0.15, -0.1) is 0 Å². The molecule has 26 heavy (non-hydrogen) atoms. The second-order valence-corrected chi connectivity index (χ2v) is 7.85. The fraction of sp³-hybridized carbons (Fsp3) is 0.550. The second kappa shape index (κ2) is 7.89. The lowest BCUT2D eigenvalue weighted by molar-refractivity contribution is -0.142. The van der Waals surface area contributed by atoms with Crippen molar-refractivity contribution in [1.82, 2.24) is 4.90 Å². The fourth-order valence-electron chi connectivity index (χ4n) is 3.13. The van der Waals surface area contributed by atoms with Gasteiger partial charge >= 0.3 is 5.97 Å². The largest absolute Gasteiger partial charge is 0.465 e. The molecule has 2 amide bonds. The summed E-state index contributed by atoms with van der Waals surface area (Å²) in [5.74, 6) is -0.650. The number of hydrogen-bond acceptors (Lipinski definition) is 4. The summed E-state index contributed by atoms with van der Waals surface area (Å²) in [6.07, 6.45) is 1.58. The summed E-state index contributed by atoms with van der Waals surface area (Å²) in [7, 11) is 1.33. The van der Waals surface area contributed by atoms with Crippen molar-refractivity contribution in [2.45, 2.75) is 40.5 Å². The summed E-state index contributed by atoms with van der Waals surface area (Å²) in [6.45, 7) is 8.66. The number of piperidine rings is 1. The van der Waals surface area contributed by atoms with Gasteiger partial charge in [0, 0.05) is 24.2 Å². The summed E-state index contributed by atoms with van der Waals surface area (Å²) in [6, 6.07) is 5.03. The number of rotatable bonds is 3. The first kappa shape index (κ1) is 19.9. The topological polar surface area (TPSA) is 75.7 Å². The molecule has 0 spiro atoms. The maximum absolute atomic E-state index is 12.7. The first-order valence-corrected chi connectivity index (χ1v) is 8.92. The van der Waals surface area contributed by atoms with E-state index in [-0.39, 0.29) is 17.7 Å². The highest BCUT2D eigenvalue weighted by Gasteiger charge is 2.33. The molecule has 1 aliphatic heterocycles. The smallest absolute Gasteiger partial charge is 0.337 e. The van der Waals surface area contributed by atoms with Crippen molar-refractivity contribution in [3.8, 4) is 0 Å². The quantitative estimate of drug-likeness (QED) is 0.841. The van der Waals surface area contributed by atoms with Crippen molar-refractivity contribution >= 4 is 23.5 Å². The van der Waals surface area contributed by atoms with Crippen LogP contribution in [0.25, 0.3) is 0 Å². The standard InChI is InChI=1S/C20H28N2O4/c1-13-11-14(18(24)26-5)8-9-16(13)21-17(23)15-7-6-10-22(12-15)19(25)20(2,3)4/h8-9,11,15H,6-7,10,12H2,1-5H3,(H,21,23). The van der Waals surface area contributed by atoms with Gasteiger partial charge in [0.15, 0.2) is 0 Å². The van der Waals surface area contributed by atoms with E-state index in [1.807, 2.05) is 27.7 Å². The van der Waals surface area contributed by atoms with Gasteiger partial charge in [0.1, 0.15) is 0 Å². The predicted octanol–water partition coefficient (Wildman–Crippen LogP) is 3.00. The molecule has 0 radical (unpaired) electrons. The Morgan fingerprint density at radius 1 is 1.23 bits per heavy atom. The minimum absolute atomic E-state index is 0.0774. The number of ether oxygens (including phenoxy) is 1. The van der Waals surface area contributed by atoms with E-state index in [9.17, 15) is 14.4 Å². The lowest BCUT2D eigenvalue weighted by Crippen LogP contribution is -2.47. The molecule has 0 bridgehead atoms. The maximum Gasteiger partial charge on any atom is 0.337 e. The van der Waals surface area contributed by atoms with E-state index >= 15 is 0 Å². The van der Waals surface area contributed by atoms with Gasteiger partial charge in [0.25, 0.3) is 0 Å². The zero-order chi connectivity index (χ0) is 19.5. The van der Waals surface area contributed by atoms with Gasteiger partial charge in [-0.1, -0.05) is 20.8 Å². The van der Waals surface area contributed by atoms with Crippen LogP contribution in [-0.4, -0.2) is 42.9 Å². The molecule has 1 aromatic rings. The minimum Gasteiger partial charge on any atom is -0.465 e. The van der Waals surface area contributed by atoms with Crippen molar-refractivity contribution in [2.24, 2.45) is 11.3 Å². The number of carbonyl (C=O) groups excluding carboxylic acids is 3. The third kappa shape index (κ3) is 4.62. The van der Waals surface area contributed by atoms with Crippen molar-refractivity contribution in [2.75, 3.05) is 25.5 Å². The predicted molar refractivity (Wildman–Crippen MR) is 99.9 cm³/mol. The Balaban J connectivity index is 2.05. The minimum atomic E-state index is -0.446. The number of hydrogen-bond donors (Lipinski definition) is 1. The van der Waals surface area contributed by atoms with Crippen LogP contribution in [0, 0.1) is 18.3 Å². The van der Waals surface area contributed by atoms with E-state index < -0.39 is 11.4 Å². The number of anilines is 1. The van der Waals surface area contributed by atoms with Crippen molar-refractivity contribution < 1.29 is 19.1 Å². The van der Waals surface area contributed by atoms with E-state index in [1.54, 1.807) is 23.1 Å². The third-order valence-corrected chi connectivity index (χ3v) is 4.63. The van der Waals surface area contributed by atoms with Crippen LogP contribution in [0.3, 0.4) is 0 Å². The summed E-state index contributed by atoms with van der Waals surface area (Å²) < 4.78 is 4.71. The molecule has 142 valence electrons. The van der Waals surface area contributed by atoms with E-state index in [1.165, 1.54) is 7.11 Å². The summed E-state index contributed by atoms with van der Waals surface area (Å²) in [5, 5.41) is 2.93. The van der Waals surface area contributed by atoms with Gasteiger partial charge in [-0.2, -0.15) is 0 Å². The van der Waals surface area contributed by atoms with E-state index in [0.717, 1.165) is 18.4 Å². The molecule has 2 rings (SSSR count). The number of amides is 2. The van der Waals surface area contributed by atoms with Crippen LogP contribution in [0.5, 0.6) is 0 Å². The number of carbonyl (C=O) groups is 3. The second-order valence-electron chi connectivity index (χ2n) is 7.85. The molecule has 6 heteroatoms. The molecule has 0 saturated carbocycles. The Kier molecular flexibility index (Phi) is 6.05. The van der Waals surface area contributed by atoms with Gasteiger partial charge < -0.3 is 15.0 Å². The number of aryl methyl sites for hydroxylation is 1. The normalized spacial score (nSPS) is 17.6. The Hall–Kier alpha value is -2.37. The molecule has 1 aliphatic rings. The number of nitrogens with one attached hydrogen (secondary N) is 1. The van der Waals surface area contributed by atoms with Gasteiger partial charge in [-0.25, -0.2) is 4.79 Å². The molecule has 6 nitrogen and oxygen atoms in total. The Labute approximate surface area is 154 Å². The average Bonchev–Trinajstić information content (AvgIpc) is 2.61. The highest BCUT2D eigenvalue weighted by atomic mass is 16.5. The van der Waals surface area contributed by atoms with Crippen LogP contribution in [0.15, 0.2) is 18.2 Å². The molecule has 1 unspecified atom stereocenters. The van der Waals surface area contributed by atoms with Crippen LogP contribution < -0.4 is 5.32 Å². The highest BCUT2D eigenvalue weighted by Crippen LogP contribution is 2.25. The van der Waals surface area contributed by atoms with Crippen LogP contribution in [0.1, 0.15) is 49.5 Å². The first-order valence-electron chi connectivity index (χ1n) is 8.92. The Bertz CT molecular complexity index is 706. The molecule has 1 heterocycles. The molecule has 0 aromatic heterocycles. The van der Waals surface area contributed by atoms with Crippen LogP contribution in [0.4, 0.5) is 5.69 Å². The molecule has 1 aromatic carbocycles. The molecule has 1 N–H and O–H groups in total. The van der Waals surface area contributed by atoms with E-state index in [2.05, 4.69) is 5.32 Å². The molecular formula is C20H28N2O4. The lowest BCUT2D eigenvalue weighted by atomic mass is 9.91. The number of likely N-dealkylation sites (tertiary alicyclic amines) is 1. The summed E-state index contributed by atoms with van der Waals surface area (Å²) in [5.41, 5.74) is 1.46. The van der Waals surface area contributed by atoms with E-state index in [4.69, 9.17) is 4.74 Å².